The predicted octanol–water partition coefficient (Wildman–Crippen LogP) is 4.00. The first kappa shape index (κ1) is 16.1. The fourth-order valence-corrected chi connectivity index (χ4v) is 3.00. The number of thiazole rings is 1. The number of furan rings is 1. The Bertz CT molecular complexity index is 852. The van der Waals surface area contributed by atoms with E-state index >= 15 is 0 Å². The molecule has 3 aromatic heterocycles. The molecule has 1 N–H and O–H groups in total. The van der Waals surface area contributed by atoms with Crippen molar-refractivity contribution >= 4 is 23.3 Å². The number of hydrogen-bond donors (Lipinski definition) is 1. The van der Waals surface area contributed by atoms with Crippen molar-refractivity contribution in [1.82, 2.24) is 15.3 Å². The lowest BCUT2D eigenvalue weighted by Crippen LogP contribution is -2.24. The van der Waals surface area contributed by atoms with Crippen LogP contribution < -0.4 is 5.32 Å². The maximum Gasteiger partial charge on any atom is 0.244 e. The smallest absolute Gasteiger partial charge is 0.244 e. The highest BCUT2D eigenvalue weighted by atomic mass is 32.1. The lowest BCUT2D eigenvalue weighted by molar-refractivity contribution is -0.117. The lowest BCUT2D eigenvalue weighted by Gasteiger charge is -2.08. The number of amides is 1. The summed E-state index contributed by atoms with van der Waals surface area (Å²) in [4.78, 5) is 20.6. The van der Waals surface area contributed by atoms with Gasteiger partial charge in [-0.15, -0.1) is 11.3 Å². The fourth-order valence-electron chi connectivity index (χ4n) is 2.17. The zero-order valence-electron chi connectivity index (χ0n) is 13.4. The summed E-state index contributed by atoms with van der Waals surface area (Å²) < 4.78 is 5.39. The van der Waals surface area contributed by atoms with Gasteiger partial charge in [-0.3, -0.25) is 9.78 Å². The van der Waals surface area contributed by atoms with E-state index in [4.69, 9.17) is 4.42 Å². The van der Waals surface area contributed by atoms with Gasteiger partial charge in [0.2, 0.25) is 5.91 Å². The Hall–Kier alpha value is -2.73. The molecular formula is C18H17N3O2S. The minimum atomic E-state index is -0.183. The molecule has 0 unspecified atom stereocenters. The molecule has 5 nitrogen and oxygen atoms in total. The number of nitrogens with zero attached hydrogens (tertiary/aromatic N) is 2. The summed E-state index contributed by atoms with van der Waals surface area (Å²) >= 11 is 1.52. The molecule has 0 saturated heterocycles. The second-order valence-electron chi connectivity index (χ2n) is 5.32. The number of carbonyl (C=O) groups excluding carboxylic acids is 1. The Kier molecular flexibility index (Phi) is 4.86. The molecule has 0 radical (unpaired) electrons. The zero-order chi connectivity index (χ0) is 16.9. The van der Waals surface area contributed by atoms with Crippen molar-refractivity contribution in [2.24, 2.45) is 0 Å². The standard InChI is InChI=1S/C18H17N3O2S/c1-12-3-4-15(23-12)5-6-17(22)20-13(2)18-21-16(11-24-18)14-7-9-19-10-8-14/h3-11,13H,1-2H3,(H,20,22)/b6-5-/t13-/m0/s1. The van der Waals surface area contributed by atoms with Crippen LogP contribution in [0.3, 0.4) is 0 Å². The molecule has 3 aromatic rings. The summed E-state index contributed by atoms with van der Waals surface area (Å²) in [6, 6.07) is 7.34. The van der Waals surface area contributed by atoms with Crippen LogP contribution in [0.1, 0.15) is 29.5 Å². The second-order valence-corrected chi connectivity index (χ2v) is 6.21. The van der Waals surface area contributed by atoms with Crippen molar-refractivity contribution in [2.75, 3.05) is 0 Å². The van der Waals surface area contributed by atoms with E-state index in [-0.39, 0.29) is 11.9 Å². The van der Waals surface area contributed by atoms with Gasteiger partial charge < -0.3 is 9.73 Å². The number of pyridine rings is 1. The first-order chi connectivity index (χ1) is 11.6. The predicted molar refractivity (Wildman–Crippen MR) is 94.4 cm³/mol. The highest BCUT2D eigenvalue weighted by molar-refractivity contribution is 7.10. The SMILES string of the molecule is Cc1ccc(/C=C\C(=O)N[C@@H](C)c2nc(-c3ccncc3)cs2)o1. The number of rotatable bonds is 5. The first-order valence-electron chi connectivity index (χ1n) is 7.52. The average molecular weight is 339 g/mol. The summed E-state index contributed by atoms with van der Waals surface area (Å²) in [5.41, 5.74) is 1.90. The largest absolute Gasteiger partial charge is 0.462 e. The molecule has 0 aliphatic heterocycles. The van der Waals surface area contributed by atoms with Crippen molar-refractivity contribution in [2.45, 2.75) is 19.9 Å². The van der Waals surface area contributed by atoms with E-state index in [2.05, 4.69) is 15.3 Å². The molecule has 0 bridgehead atoms. The summed E-state index contributed by atoms with van der Waals surface area (Å²) in [5.74, 6) is 1.29. The van der Waals surface area contributed by atoms with Crippen LogP contribution >= 0.6 is 11.3 Å². The van der Waals surface area contributed by atoms with Gasteiger partial charge in [0.05, 0.1) is 11.7 Å². The Morgan fingerprint density at radius 2 is 2.08 bits per heavy atom. The third-order valence-corrected chi connectivity index (χ3v) is 4.41. The van der Waals surface area contributed by atoms with E-state index in [1.807, 2.05) is 43.5 Å². The molecule has 24 heavy (non-hydrogen) atoms. The molecule has 0 aliphatic carbocycles. The number of aromatic nitrogens is 2. The maximum absolute atomic E-state index is 12.0. The number of nitrogens with one attached hydrogen (secondary N) is 1. The topological polar surface area (TPSA) is 68.0 Å². The molecule has 0 saturated carbocycles. The highest BCUT2D eigenvalue weighted by Gasteiger charge is 2.13. The average Bonchev–Trinajstić information content (AvgIpc) is 3.23. The minimum Gasteiger partial charge on any atom is -0.462 e. The van der Waals surface area contributed by atoms with Crippen molar-refractivity contribution in [3.05, 3.63) is 64.6 Å². The van der Waals surface area contributed by atoms with Gasteiger partial charge in [-0.2, -0.15) is 0 Å². The van der Waals surface area contributed by atoms with Gasteiger partial charge in [-0.05, 0) is 44.2 Å². The fraction of sp³-hybridized carbons (Fsp3) is 0.167. The van der Waals surface area contributed by atoms with Crippen LogP contribution in [-0.4, -0.2) is 15.9 Å². The molecule has 3 rings (SSSR count). The Labute approximate surface area is 144 Å². The van der Waals surface area contributed by atoms with Gasteiger partial charge in [0.1, 0.15) is 16.5 Å². The van der Waals surface area contributed by atoms with Gasteiger partial charge >= 0.3 is 0 Å². The highest BCUT2D eigenvalue weighted by Crippen LogP contribution is 2.24. The van der Waals surface area contributed by atoms with Crippen LogP contribution in [0.4, 0.5) is 0 Å². The van der Waals surface area contributed by atoms with Crippen molar-refractivity contribution in [3.8, 4) is 11.3 Å². The Morgan fingerprint density at radius 3 is 2.79 bits per heavy atom. The molecular weight excluding hydrogens is 322 g/mol. The molecule has 6 heteroatoms. The molecule has 0 aliphatic rings. The number of carbonyl (C=O) groups is 1. The third-order valence-electron chi connectivity index (χ3n) is 3.39. The normalized spacial score (nSPS) is 12.4. The van der Waals surface area contributed by atoms with Crippen LogP contribution in [0.5, 0.6) is 0 Å². The third kappa shape index (κ3) is 3.97. The molecule has 3 heterocycles. The van der Waals surface area contributed by atoms with Gasteiger partial charge in [0, 0.05) is 29.4 Å². The number of hydrogen-bond acceptors (Lipinski definition) is 5. The van der Waals surface area contributed by atoms with Crippen LogP contribution in [-0.2, 0) is 4.79 Å². The van der Waals surface area contributed by atoms with E-state index in [0.29, 0.717) is 5.76 Å². The monoisotopic (exact) mass is 339 g/mol. The molecule has 122 valence electrons. The van der Waals surface area contributed by atoms with E-state index in [9.17, 15) is 4.79 Å². The minimum absolute atomic E-state index is 0.166. The first-order valence-corrected chi connectivity index (χ1v) is 8.40. The quantitative estimate of drug-likeness (QED) is 0.714. The molecule has 1 atom stereocenters. The van der Waals surface area contributed by atoms with Crippen LogP contribution in [0, 0.1) is 6.92 Å². The van der Waals surface area contributed by atoms with Gasteiger partial charge in [-0.25, -0.2) is 4.98 Å². The Morgan fingerprint density at radius 1 is 1.29 bits per heavy atom. The van der Waals surface area contributed by atoms with E-state index in [0.717, 1.165) is 22.0 Å². The van der Waals surface area contributed by atoms with Crippen LogP contribution in [0.25, 0.3) is 17.3 Å². The second kappa shape index (κ2) is 7.23. The van der Waals surface area contributed by atoms with Crippen molar-refractivity contribution in [3.63, 3.8) is 0 Å². The van der Waals surface area contributed by atoms with Gasteiger partial charge in [-0.1, -0.05) is 0 Å². The molecule has 0 spiro atoms. The van der Waals surface area contributed by atoms with E-state index in [1.54, 1.807) is 18.5 Å². The van der Waals surface area contributed by atoms with Crippen LogP contribution in [0.15, 0.2) is 52.5 Å². The Balaban J connectivity index is 1.62. The number of aryl methyl sites for hydroxylation is 1. The zero-order valence-corrected chi connectivity index (χ0v) is 14.2. The van der Waals surface area contributed by atoms with Crippen molar-refractivity contribution in [1.29, 1.82) is 0 Å². The molecule has 0 aromatic carbocycles. The summed E-state index contributed by atoms with van der Waals surface area (Å²) in [5, 5.41) is 5.75. The summed E-state index contributed by atoms with van der Waals surface area (Å²) in [6.45, 7) is 3.78. The van der Waals surface area contributed by atoms with E-state index in [1.165, 1.54) is 17.4 Å². The van der Waals surface area contributed by atoms with Gasteiger partial charge in [0.25, 0.3) is 0 Å². The lowest BCUT2D eigenvalue weighted by atomic mass is 10.2. The molecule has 0 fully saturated rings. The van der Waals surface area contributed by atoms with E-state index < -0.39 is 0 Å². The van der Waals surface area contributed by atoms with Crippen molar-refractivity contribution < 1.29 is 9.21 Å². The molecule has 1 amide bonds. The summed E-state index contributed by atoms with van der Waals surface area (Å²) in [6.07, 6.45) is 6.59. The van der Waals surface area contributed by atoms with Gasteiger partial charge in [0.15, 0.2) is 0 Å². The van der Waals surface area contributed by atoms with Crippen LogP contribution in [0.2, 0.25) is 0 Å². The summed E-state index contributed by atoms with van der Waals surface area (Å²) in [7, 11) is 0. The maximum atomic E-state index is 12.0.